The lowest BCUT2D eigenvalue weighted by Crippen LogP contribution is -2.39. The van der Waals surface area contributed by atoms with Crippen molar-refractivity contribution in [2.24, 2.45) is 5.41 Å². The summed E-state index contributed by atoms with van der Waals surface area (Å²) in [6.07, 6.45) is 3.70. The van der Waals surface area contributed by atoms with Gasteiger partial charge in [0.15, 0.2) is 0 Å². The van der Waals surface area contributed by atoms with Gasteiger partial charge in [-0.15, -0.1) is 0 Å². The van der Waals surface area contributed by atoms with Gasteiger partial charge in [-0.25, -0.2) is 4.79 Å². The molecule has 0 unspecified atom stereocenters. The predicted molar refractivity (Wildman–Crippen MR) is 99.8 cm³/mol. The van der Waals surface area contributed by atoms with Crippen molar-refractivity contribution in [3.05, 3.63) is 53.7 Å². The summed E-state index contributed by atoms with van der Waals surface area (Å²) in [7, 11) is 0. The maximum absolute atomic E-state index is 12.8. The van der Waals surface area contributed by atoms with Gasteiger partial charge in [0.25, 0.3) is 0 Å². The molecule has 5 nitrogen and oxygen atoms in total. The second-order valence-corrected chi connectivity index (χ2v) is 7.76. The Morgan fingerprint density at radius 1 is 1.15 bits per heavy atom. The van der Waals surface area contributed by atoms with Crippen LogP contribution < -0.4 is 0 Å². The van der Waals surface area contributed by atoms with Gasteiger partial charge in [0, 0.05) is 23.7 Å². The Kier molecular flexibility index (Phi) is 4.81. The second-order valence-electron chi connectivity index (χ2n) is 7.76. The average molecular weight is 352 g/mol. The zero-order valence-corrected chi connectivity index (χ0v) is 15.4. The lowest BCUT2D eigenvalue weighted by molar-refractivity contribution is -0.140. The summed E-state index contributed by atoms with van der Waals surface area (Å²) in [5.41, 5.74) is 2.58. The Bertz CT molecular complexity index is 822. The fourth-order valence-electron chi connectivity index (χ4n) is 3.38. The zero-order chi connectivity index (χ0) is 18.9. The van der Waals surface area contributed by atoms with Gasteiger partial charge in [-0.3, -0.25) is 9.78 Å². The minimum Gasteiger partial charge on any atom is -0.478 e. The summed E-state index contributed by atoms with van der Waals surface area (Å²) < 4.78 is 0. The first-order valence-electron chi connectivity index (χ1n) is 8.88. The molecule has 136 valence electrons. The van der Waals surface area contributed by atoms with Gasteiger partial charge in [-0.2, -0.15) is 0 Å². The fraction of sp³-hybridized carbons (Fsp3) is 0.381. The van der Waals surface area contributed by atoms with Gasteiger partial charge in [0.05, 0.1) is 17.3 Å². The van der Waals surface area contributed by atoms with Crippen molar-refractivity contribution < 1.29 is 14.7 Å². The molecule has 0 radical (unpaired) electrons. The molecule has 0 aliphatic carbocycles. The lowest BCUT2D eigenvalue weighted by atomic mass is 9.93. The highest BCUT2D eigenvalue weighted by atomic mass is 16.4. The Labute approximate surface area is 153 Å². The monoisotopic (exact) mass is 352 g/mol. The van der Waals surface area contributed by atoms with E-state index in [4.69, 9.17) is 5.11 Å². The largest absolute Gasteiger partial charge is 0.478 e. The van der Waals surface area contributed by atoms with Crippen molar-refractivity contribution in [2.75, 3.05) is 6.54 Å². The van der Waals surface area contributed by atoms with Crippen LogP contribution in [0.15, 0.2) is 42.6 Å². The fourth-order valence-corrected chi connectivity index (χ4v) is 3.38. The molecule has 5 heteroatoms. The van der Waals surface area contributed by atoms with Crippen molar-refractivity contribution in [1.29, 1.82) is 0 Å². The predicted octanol–water partition coefficient (Wildman–Crippen LogP) is 4.16. The minimum atomic E-state index is -0.944. The van der Waals surface area contributed by atoms with Crippen molar-refractivity contribution in [2.45, 2.75) is 39.7 Å². The van der Waals surface area contributed by atoms with E-state index in [2.05, 4.69) is 4.98 Å². The number of carbonyl (C=O) groups excluding carboxylic acids is 1. The van der Waals surface area contributed by atoms with Crippen LogP contribution in [0.4, 0.5) is 0 Å². The number of carboxylic acid groups (broad SMARTS) is 1. The zero-order valence-electron chi connectivity index (χ0n) is 15.4. The van der Waals surface area contributed by atoms with E-state index in [9.17, 15) is 9.59 Å². The van der Waals surface area contributed by atoms with Crippen LogP contribution in [0.2, 0.25) is 0 Å². The quantitative estimate of drug-likeness (QED) is 0.900. The number of pyridine rings is 1. The summed E-state index contributed by atoms with van der Waals surface area (Å²) in [4.78, 5) is 30.2. The molecule has 0 saturated carbocycles. The van der Waals surface area contributed by atoms with E-state index in [1.165, 1.54) is 0 Å². The van der Waals surface area contributed by atoms with Gasteiger partial charge >= 0.3 is 5.97 Å². The third-order valence-electron chi connectivity index (χ3n) is 4.75. The highest BCUT2D eigenvalue weighted by Gasteiger charge is 2.35. The Balaban J connectivity index is 1.89. The number of likely N-dealkylation sites (tertiary alicyclic amines) is 1. The first kappa shape index (κ1) is 18.1. The third-order valence-corrected chi connectivity index (χ3v) is 4.75. The van der Waals surface area contributed by atoms with Crippen molar-refractivity contribution >= 4 is 11.9 Å². The number of hydrogen-bond donors (Lipinski definition) is 1. The molecule has 0 spiro atoms. The van der Waals surface area contributed by atoms with Gasteiger partial charge in [-0.05, 0) is 42.7 Å². The van der Waals surface area contributed by atoms with Crippen LogP contribution in [-0.4, -0.2) is 33.4 Å². The molecule has 1 aliphatic heterocycles. The molecule has 1 fully saturated rings. The van der Waals surface area contributed by atoms with Crippen molar-refractivity contribution in [3.8, 4) is 11.3 Å². The molecule has 1 aromatic carbocycles. The van der Waals surface area contributed by atoms with Gasteiger partial charge in [-0.1, -0.05) is 32.9 Å². The van der Waals surface area contributed by atoms with Crippen LogP contribution >= 0.6 is 0 Å². The molecular weight excluding hydrogens is 328 g/mol. The summed E-state index contributed by atoms with van der Waals surface area (Å²) in [6, 6.07) is 10.7. The topological polar surface area (TPSA) is 70.5 Å². The number of hydrogen-bond acceptors (Lipinski definition) is 3. The molecule has 1 atom stereocenters. The number of benzene rings is 1. The lowest BCUT2D eigenvalue weighted by Gasteiger charge is -2.31. The first-order valence-corrected chi connectivity index (χ1v) is 8.88. The smallest absolute Gasteiger partial charge is 0.335 e. The van der Waals surface area contributed by atoms with Crippen LogP contribution in [0.1, 0.15) is 55.6 Å². The van der Waals surface area contributed by atoms with Crippen LogP contribution in [0, 0.1) is 5.41 Å². The molecule has 3 rings (SSSR count). The van der Waals surface area contributed by atoms with Gasteiger partial charge in [0.2, 0.25) is 5.91 Å². The molecule has 2 aromatic rings. The molecule has 1 aliphatic rings. The number of amides is 1. The summed E-state index contributed by atoms with van der Waals surface area (Å²) in [5.74, 6) is -0.773. The van der Waals surface area contributed by atoms with Crippen LogP contribution in [-0.2, 0) is 4.79 Å². The van der Waals surface area contributed by atoms with E-state index in [1.807, 2.05) is 37.8 Å². The Hall–Kier alpha value is -2.69. The highest BCUT2D eigenvalue weighted by molar-refractivity contribution is 5.88. The molecule has 1 N–H and O–H groups in total. The summed E-state index contributed by atoms with van der Waals surface area (Å²) in [6.45, 7) is 6.64. The van der Waals surface area contributed by atoms with E-state index < -0.39 is 11.4 Å². The van der Waals surface area contributed by atoms with Crippen molar-refractivity contribution in [3.63, 3.8) is 0 Å². The van der Waals surface area contributed by atoms with E-state index >= 15 is 0 Å². The summed E-state index contributed by atoms with van der Waals surface area (Å²) >= 11 is 0. The standard InChI is InChI=1S/C21H24N2O3/c1-21(2,3)20(26)23-12-4-5-18(23)16-10-11-22-17(13-16)14-6-8-15(9-7-14)19(24)25/h6-11,13,18H,4-5,12H2,1-3H3,(H,24,25)/t18-/m0/s1. The number of carbonyl (C=O) groups is 2. The van der Waals surface area contributed by atoms with Crippen molar-refractivity contribution in [1.82, 2.24) is 9.88 Å². The Morgan fingerprint density at radius 2 is 1.85 bits per heavy atom. The van der Waals surface area contributed by atoms with Gasteiger partial charge in [0.1, 0.15) is 0 Å². The summed E-state index contributed by atoms with van der Waals surface area (Å²) in [5, 5.41) is 9.03. The van der Waals surface area contributed by atoms with Crippen LogP contribution in [0.3, 0.4) is 0 Å². The van der Waals surface area contributed by atoms with Crippen LogP contribution in [0.5, 0.6) is 0 Å². The third kappa shape index (κ3) is 3.62. The molecular formula is C21H24N2O3. The number of aromatic carboxylic acids is 1. The normalized spacial score (nSPS) is 17.3. The molecule has 26 heavy (non-hydrogen) atoms. The minimum absolute atomic E-state index is 0.0711. The second kappa shape index (κ2) is 6.90. The van der Waals surface area contributed by atoms with E-state index in [0.717, 1.165) is 36.2 Å². The molecule has 1 amide bonds. The van der Waals surface area contributed by atoms with Crippen LogP contribution in [0.25, 0.3) is 11.3 Å². The maximum Gasteiger partial charge on any atom is 0.335 e. The molecule has 1 aromatic heterocycles. The molecule has 2 heterocycles. The molecule has 0 bridgehead atoms. The van der Waals surface area contributed by atoms with E-state index in [1.54, 1.807) is 30.5 Å². The Morgan fingerprint density at radius 3 is 2.46 bits per heavy atom. The number of carboxylic acids is 1. The average Bonchev–Trinajstić information content (AvgIpc) is 3.10. The molecule has 1 saturated heterocycles. The maximum atomic E-state index is 12.8. The SMILES string of the molecule is CC(C)(C)C(=O)N1CCC[C@H]1c1ccnc(-c2ccc(C(=O)O)cc2)c1. The van der Waals surface area contributed by atoms with Gasteiger partial charge < -0.3 is 10.0 Å². The number of nitrogens with zero attached hydrogens (tertiary/aromatic N) is 2. The number of rotatable bonds is 3. The van der Waals surface area contributed by atoms with E-state index in [0.29, 0.717) is 0 Å². The highest BCUT2D eigenvalue weighted by Crippen LogP contribution is 2.36. The van der Waals surface area contributed by atoms with E-state index in [-0.39, 0.29) is 17.5 Å². The number of aromatic nitrogens is 1. The first-order chi connectivity index (χ1) is 12.3.